The van der Waals surface area contributed by atoms with Crippen LogP contribution < -0.4 is 0 Å². The molecule has 0 heterocycles. The van der Waals surface area contributed by atoms with Crippen LogP contribution >= 0.6 is 12.2 Å². The second kappa shape index (κ2) is 8.21. The molecule has 1 N–H and O–H groups in total. The van der Waals surface area contributed by atoms with Gasteiger partial charge in [-0.2, -0.15) is 0 Å². The van der Waals surface area contributed by atoms with Crippen LogP contribution in [0.15, 0.2) is 30.3 Å². The third-order valence-corrected chi connectivity index (χ3v) is 2.18. The molecule has 0 saturated heterocycles. The highest BCUT2D eigenvalue weighted by atomic mass is 32.1. The molecule has 4 heteroatoms. The van der Waals surface area contributed by atoms with E-state index in [2.05, 4.69) is 0 Å². The molecule has 0 saturated carbocycles. The first kappa shape index (κ1) is 13.1. The summed E-state index contributed by atoms with van der Waals surface area (Å²) in [4.78, 5) is 0. The van der Waals surface area contributed by atoms with Crippen LogP contribution in [0.25, 0.3) is 0 Å². The molecule has 88 valence electrons. The first-order chi connectivity index (χ1) is 7.83. The van der Waals surface area contributed by atoms with Crippen molar-refractivity contribution in [1.29, 1.82) is 0 Å². The van der Waals surface area contributed by atoms with E-state index in [-0.39, 0.29) is 6.61 Å². The fourth-order valence-corrected chi connectivity index (χ4v) is 1.44. The van der Waals surface area contributed by atoms with Crippen molar-refractivity contribution >= 4 is 17.3 Å². The minimum atomic E-state index is 0.0362. The molecule has 0 amide bonds. The van der Waals surface area contributed by atoms with Gasteiger partial charge < -0.3 is 14.6 Å². The van der Waals surface area contributed by atoms with Gasteiger partial charge in [-0.25, -0.2) is 0 Å². The van der Waals surface area contributed by atoms with Crippen LogP contribution in [-0.4, -0.2) is 36.6 Å². The van der Waals surface area contributed by atoms with Crippen LogP contribution in [0.3, 0.4) is 0 Å². The molecule has 0 aromatic heterocycles. The Labute approximate surface area is 101 Å². The lowest BCUT2D eigenvalue weighted by Gasteiger charge is -2.07. The monoisotopic (exact) mass is 241 g/mol. The molecule has 0 aliphatic rings. The normalized spacial score (nSPS) is 10.1. The molecule has 3 nitrogen and oxygen atoms in total. The molecule has 0 unspecified atom stereocenters. The fourth-order valence-electron chi connectivity index (χ4n) is 1.19. The van der Waals surface area contributed by atoms with Crippen molar-refractivity contribution in [2.75, 3.05) is 26.4 Å². The third kappa shape index (κ3) is 5.80. The molecule has 0 aliphatic heterocycles. The maximum absolute atomic E-state index is 8.48. The van der Waals surface area contributed by atoms with Gasteiger partial charge in [0.1, 0.15) is 6.61 Å². The number of ether oxygens (including phenoxy) is 2. The number of thiocarbonyl (C=S) groups is 1. The fraction of sp³-hybridized carbons (Fsp3) is 0.417. The smallest absolute Gasteiger partial charge is 0.164 e. The van der Waals surface area contributed by atoms with Gasteiger partial charge in [0.05, 0.1) is 19.8 Å². The average molecular weight is 241 g/mol. The summed E-state index contributed by atoms with van der Waals surface area (Å²) in [5.74, 6) is 0. The zero-order valence-electron chi connectivity index (χ0n) is 9.09. The third-order valence-electron chi connectivity index (χ3n) is 1.92. The number of aliphatic hydroxyl groups excluding tert-OH is 1. The van der Waals surface area contributed by atoms with Gasteiger partial charge in [-0.1, -0.05) is 30.3 Å². The first-order valence-corrected chi connectivity index (χ1v) is 5.62. The van der Waals surface area contributed by atoms with Crippen molar-refractivity contribution in [3.05, 3.63) is 35.9 Å². The summed E-state index contributed by atoms with van der Waals surface area (Å²) in [5.41, 5.74) is 1.14. The molecule has 0 spiro atoms. The van der Waals surface area contributed by atoms with Crippen molar-refractivity contribution < 1.29 is 14.6 Å². The molecular formula is C12H16O3S. The molecule has 1 rings (SSSR count). The van der Waals surface area contributed by atoms with Crippen LogP contribution in [0, 0.1) is 0 Å². The van der Waals surface area contributed by atoms with Gasteiger partial charge in [0.25, 0.3) is 0 Å². The van der Waals surface area contributed by atoms with E-state index in [9.17, 15) is 0 Å². The largest absolute Gasteiger partial charge is 0.484 e. The van der Waals surface area contributed by atoms with E-state index < -0.39 is 0 Å². The highest BCUT2D eigenvalue weighted by Crippen LogP contribution is 2.01. The average Bonchev–Trinajstić information content (AvgIpc) is 2.30. The van der Waals surface area contributed by atoms with E-state index in [1.54, 1.807) is 0 Å². The summed E-state index contributed by atoms with van der Waals surface area (Å²) in [5, 5.41) is 9.05. The molecule has 0 atom stereocenters. The highest BCUT2D eigenvalue weighted by molar-refractivity contribution is 7.80. The molecule has 0 radical (unpaired) electrons. The second-order valence-corrected chi connectivity index (χ2v) is 3.67. The molecule has 1 aromatic rings. The van der Waals surface area contributed by atoms with Gasteiger partial charge in [0.2, 0.25) is 0 Å². The Bertz CT molecular complexity index is 300. The van der Waals surface area contributed by atoms with Gasteiger partial charge in [-0.3, -0.25) is 0 Å². The lowest BCUT2D eigenvalue weighted by Crippen LogP contribution is -2.12. The first-order valence-electron chi connectivity index (χ1n) is 5.21. The van der Waals surface area contributed by atoms with E-state index in [4.69, 9.17) is 26.8 Å². The van der Waals surface area contributed by atoms with Crippen molar-refractivity contribution in [1.82, 2.24) is 0 Å². The van der Waals surface area contributed by atoms with E-state index in [1.807, 2.05) is 30.3 Å². The molecule has 0 aliphatic carbocycles. The number of hydrogen-bond acceptors (Lipinski definition) is 4. The van der Waals surface area contributed by atoms with E-state index in [0.717, 1.165) is 5.56 Å². The summed E-state index contributed by atoms with van der Waals surface area (Å²) in [6, 6.07) is 9.94. The number of aliphatic hydroxyl groups is 1. The van der Waals surface area contributed by atoms with Crippen LogP contribution in [0.2, 0.25) is 0 Å². The molecule has 16 heavy (non-hydrogen) atoms. The van der Waals surface area contributed by atoms with Crippen molar-refractivity contribution in [2.45, 2.75) is 6.42 Å². The summed E-state index contributed by atoms with van der Waals surface area (Å²) < 4.78 is 10.4. The Morgan fingerprint density at radius 1 is 1.12 bits per heavy atom. The van der Waals surface area contributed by atoms with Gasteiger partial charge >= 0.3 is 0 Å². The quantitative estimate of drug-likeness (QED) is 0.447. The summed E-state index contributed by atoms with van der Waals surface area (Å²) >= 11 is 5.09. The summed E-state index contributed by atoms with van der Waals surface area (Å²) in [6.07, 6.45) is 0.649. The second-order valence-electron chi connectivity index (χ2n) is 3.22. The molecule has 0 fully saturated rings. The lowest BCUT2D eigenvalue weighted by atomic mass is 10.3. The molecule has 1 aromatic carbocycles. The van der Waals surface area contributed by atoms with Crippen molar-refractivity contribution in [3.63, 3.8) is 0 Å². The SMILES string of the molecule is OCCOCCOC(=S)[13CH2]c1ccccc1. The predicted molar refractivity (Wildman–Crippen MR) is 66.6 cm³/mol. The van der Waals surface area contributed by atoms with Crippen LogP contribution in [0.4, 0.5) is 0 Å². The molecule has 0 bridgehead atoms. The number of rotatable bonds is 7. The van der Waals surface area contributed by atoms with Gasteiger partial charge in [-0.15, -0.1) is 0 Å². The van der Waals surface area contributed by atoms with Crippen LogP contribution in [0.5, 0.6) is 0 Å². The number of benzene rings is 1. The topological polar surface area (TPSA) is 38.7 Å². The van der Waals surface area contributed by atoms with E-state index in [1.165, 1.54) is 0 Å². The van der Waals surface area contributed by atoms with E-state index >= 15 is 0 Å². The Morgan fingerprint density at radius 3 is 2.56 bits per heavy atom. The summed E-state index contributed by atoms with van der Waals surface area (Å²) in [7, 11) is 0. The van der Waals surface area contributed by atoms with Crippen LogP contribution in [-0.2, 0) is 15.9 Å². The van der Waals surface area contributed by atoms with E-state index in [0.29, 0.717) is 31.3 Å². The predicted octanol–water partition coefficient (Wildman–Crippen LogP) is 1.58. The maximum atomic E-state index is 8.48. The standard InChI is InChI=1S/C12H16O3S/c13-6-7-14-8-9-15-12(16)10-11-4-2-1-3-5-11/h1-5,13H,6-10H2/i10+1. The minimum Gasteiger partial charge on any atom is -0.484 e. The summed E-state index contributed by atoms with van der Waals surface area (Å²) in [6.45, 7) is 1.27. The van der Waals surface area contributed by atoms with Gasteiger partial charge in [-0.05, 0) is 17.8 Å². The van der Waals surface area contributed by atoms with Crippen LogP contribution in [0.1, 0.15) is 5.56 Å². The van der Waals surface area contributed by atoms with Gasteiger partial charge in [0.15, 0.2) is 5.05 Å². The molecular weight excluding hydrogens is 225 g/mol. The zero-order chi connectivity index (χ0) is 11.6. The minimum absolute atomic E-state index is 0.0362. The Hall–Kier alpha value is -0.970. The van der Waals surface area contributed by atoms with Crippen molar-refractivity contribution in [2.24, 2.45) is 0 Å². The van der Waals surface area contributed by atoms with Crippen molar-refractivity contribution in [3.8, 4) is 0 Å². The Morgan fingerprint density at radius 2 is 1.88 bits per heavy atom. The maximum Gasteiger partial charge on any atom is 0.164 e. The highest BCUT2D eigenvalue weighted by Gasteiger charge is 1.99. The number of hydrogen-bond donors (Lipinski definition) is 1. The lowest BCUT2D eigenvalue weighted by molar-refractivity contribution is 0.0683. The van der Waals surface area contributed by atoms with Gasteiger partial charge in [0, 0.05) is 6.42 Å². The Kier molecular flexibility index (Phi) is 6.72. The zero-order valence-corrected chi connectivity index (χ0v) is 9.91. The Balaban J connectivity index is 2.12.